The number of rotatable bonds is 7. The first-order chi connectivity index (χ1) is 7.76. The Morgan fingerprint density at radius 3 is 2.44 bits per heavy atom. The molecule has 1 rings (SSSR count). The summed E-state index contributed by atoms with van der Waals surface area (Å²) in [6.07, 6.45) is 0. The third-order valence-electron chi connectivity index (χ3n) is 2.47. The van der Waals surface area contributed by atoms with E-state index >= 15 is 0 Å². The zero-order chi connectivity index (χ0) is 11.8. The largest absolute Gasteiger partial charge is 0.396 e. The van der Waals surface area contributed by atoms with E-state index < -0.39 is 0 Å². The molecule has 90 valence electrons. The Balaban J connectivity index is 2.31. The molecule has 0 spiro atoms. The van der Waals surface area contributed by atoms with Gasteiger partial charge < -0.3 is 15.2 Å². The van der Waals surface area contributed by atoms with Crippen LogP contribution in [0.4, 0.5) is 0 Å². The van der Waals surface area contributed by atoms with Gasteiger partial charge in [0.15, 0.2) is 0 Å². The van der Waals surface area contributed by atoms with Gasteiger partial charge in [0.05, 0.1) is 6.61 Å². The average molecular weight is 223 g/mol. The van der Waals surface area contributed by atoms with Crippen LogP contribution in [0.2, 0.25) is 0 Å². The number of nitrogens with one attached hydrogen (secondary N) is 1. The lowest BCUT2D eigenvalue weighted by Crippen LogP contribution is -2.22. The van der Waals surface area contributed by atoms with E-state index in [-0.39, 0.29) is 6.61 Å². The number of methoxy groups -OCH3 is 1. The first kappa shape index (κ1) is 13.2. The highest BCUT2D eigenvalue weighted by atomic mass is 16.5. The van der Waals surface area contributed by atoms with Crippen molar-refractivity contribution >= 4 is 0 Å². The second kappa shape index (κ2) is 7.39. The summed E-state index contributed by atoms with van der Waals surface area (Å²) in [5.74, 6) is 0.313. The van der Waals surface area contributed by atoms with Gasteiger partial charge in [0.2, 0.25) is 0 Å². The molecule has 0 fully saturated rings. The first-order valence-corrected chi connectivity index (χ1v) is 5.64. The monoisotopic (exact) mass is 223 g/mol. The van der Waals surface area contributed by atoms with Gasteiger partial charge in [-0.15, -0.1) is 0 Å². The third kappa shape index (κ3) is 4.75. The van der Waals surface area contributed by atoms with Gasteiger partial charge in [-0.2, -0.15) is 0 Å². The van der Waals surface area contributed by atoms with Crippen molar-refractivity contribution in [3.05, 3.63) is 35.4 Å². The third-order valence-corrected chi connectivity index (χ3v) is 2.47. The van der Waals surface area contributed by atoms with Crippen LogP contribution in [0.25, 0.3) is 0 Å². The van der Waals surface area contributed by atoms with E-state index in [0.717, 1.165) is 13.1 Å². The quantitative estimate of drug-likeness (QED) is 0.737. The Hall–Kier alpha value is -0.900. The van der Waals surface area contributed by atoms with Crippen LogP contribution in [0.15, 0.2) is 24.3 Å². The molecule has 0 aromatic heterocycles. The summed E-state index contributed by atoms with van der Waals surface area (Å²) in [6.45, 7) is 4.61. The second-order valence-electron chi connectivity index (χ2n) is 4.17. The first-order valence-electron chi connectivity index (χ1n) is 5.64. The van der Waals surface area contributed by atoms with Crippen molar-refractivity contribution in [3.8, 4) is 0 Å². The second-order valence-corrected chi connectivity index (χ2v) is 4.17. The number of aliphatic hydroxyl groups is 1. The highest BCUT2D eigenvalue weighted by Gasteiger charge is 1.99. The molecule has 1 aromatic rings. The molecule has 0 saturated heterocycles. The number of aliphatic hydroxyl groups excluding tert-OH is 1. The minimum atomic E-state index is 0.236. The van der Waals surface area contributed by atoms with Gasteiger partial charge in [0, 0.05) is 26.8 Å². The van der Waals surface area contributed by atoms with Crippen molar-refractivity contribution in [1.29, 1.82) is 0 Å². The highest BCUT2D eigenvalue weighted by molar-refractivity contribution is 5.21. The molecule has 3 heteroatoms. The van der Waals surface area contributed by atoms with E-state index in [9.17, 15) is 0 Å². The molecular weight excluding hydrogens is 202 g/mol. The van der Waals surface area contributed by atoms with Crippen LogP contribution in [0.5, 0.6) is 0 Å². The standard InChI is InChI=1S/C13H21NO2/c1-11(9-15)7-14-8-12-3-5-13(6-4-12)10-16-2/h3-6,11,14-15H,7-10H2,1-2H3. The van der Waals surface area contributed by atoms with Gasteiger partial charge in [-0.1, -0.05) is 31.2 Å². The van der Waals surface area contributed by atoms with Gasteiger partial charge in [-0.25, -0.2) is 0 Å². The minimum absolute atomic E-state index is 0.236. The number of ether oxygens (including phenoxy) is 1. The predicted molar refractivity (Wildman–Crippen MR) is 65.1 cm³/mol. The molecule has 1 atom stereocenters. The van der Waals surface area contributed by atoms with Crippen molar-refractivity contribution in [2.75, 3.05) is 20.3 Å². The Labute approximate surface area is 97.4 Å². The number of hydrogen-bond donors (Lipinski definition) is 2. The topological polar surface area (TPSA) is 41.5 Å². The van der Waals surface area contributed by atoms with Crippen molar-refractivity contribution in [2.24, 2.45) is 5.92 Å². The van der Waals surface area contributed by atoms with E-state index in [2.05, 4.69) is 29.6 Å². The molecule has 0 bridgehead atoms. The van der Waals surface area contributed by atoms with Crippen LogP contribution >= 0.6 is 0 Å². The molecule has 0 amide bonds. The van der Waals surface area contributed by atoms with Crippen LogP contribution in [-0.4, -0.2) is 25.4 Å². The van der Waals surface area contributed by atoms with E-state index in [0.29, 0.717) is 12.5 Å². The van der Waals surface area contributed by atoms with Crippen molar-refractivity contribution < 1.29 is 9.84 Å². The molecule has 0 saturated carbocycles. The average Bonchev–Trinajstić information content (AvgIpc) is 2.31. The predicted octanol–water partition coefficient (Wildman–Crippen LogP) is 1.55. The fourth-order valence-corrected chi connectivity index (χ4v) is 1.45. The van der Waals surface area contributed by atoms with Gasteiger partial charge in [0.1, 0.15) is 0 Å². The van der Waals surface area contributed by atoms with Crippen molar-refractivity contribution in [1.82, 2.24) is 5.32 Å². The lowest BCUT2D eigenvalue weighted by Gasteiger charge is -2.09. The van der Waals surface area contributed by atoms with E-state index in [1.807, 2.05) is 6.92 Å². The summed E-state index contributed by atoms with van der Waals surface area (Å²) in [5, 5.41) is 12.2. The Bertz CT molecular complexity index is 284. The summed E-state index contributed by atoms with van der Waals surface area (Å²) in [4.78, 5) is 0. The number of hydrogen-bond acceptors (Lipinski definition) is 3. The lowest BCUT2D eigenvalue weighted by atomic mass is 10.1. The van der Waals surface area contributed by atoms with E-state index in [4.69, 9.17) is 9.84 Å². The highest BCUT2D eigenvalue weighted by Crippen LogP contribution is 2.05. The van der Waals surface area contributed by atoms with Gasteiger partial charge in [-0.05, 0) is 17.0 Å². The molecule has 0 aliphatic rings. The Morgan fingerprint density at radius 1 is 1.25 bits per heavy atom. The lowest BCUT2D eigenvalue weighted by molar-refractivity contribution is 0.185. The Morgan fingerprint density at radius 2 is 1.88 bits per heavy atom. The molecule has 0 aliphatic carbocycles. The summed E-state index contributed by atoms with van der Waals surface area (Å²) < 4.78 is 5.05. The van der Waals surface area contributed by atoms with Gasteiger partial charge in [-0.3, -0.25) is 0 Å². The molecule has 3 nitrogen and oxygen atoms in total. The van der Waals surface area contributed by atoms with Crippen LogP contribution in [0.3, 0.4) is 0 Å². The van der Waals surface area contributed by atoms with Crippen LogP contribution in [0.1, 0.15) is 18.1 Å². The molecule has 0 radical (unpaired) electrons. The van der Waals surface area contributed by atoms with E-state index in [1.54, 1.807) is 7.11 Å². The van der Waals surface area contributed by atoms with Crippen LogP contribution < -0.4 is 5.32 Å². The van der Waals surface area contributed by atoms with Crippen LogP contribution in [-0.2, 0) is 17.9 Å². The van der Waals surface area contributed by atoms with E-state index in [1.165, 1.54) is 11.1 Å². The van der Waals surface area contributed by atoms with Crippen molar-refractivity contribution in [2.45, 2.75) is 20.1 Å². The summed E-state index contributed by atoms with van der Waals surface area (Å²) in [7, 11) is 1.70. The molecular formula is C13H21NO2. The smallest absolute Gasteiger partial charge is 0.0713 e. The fourth-order valence-electron chi connectivity index (χ4n) is 1.45. The van der Waals surface area contributed by atoms with Gasteiger partial charge >= 0.3 is 0 Å². The zero-order valence-corrected chi connectivity index (χ0v) is 10.1. The SMILES string of the molecule is COCc1ccc(CNCC(C)CO)cc1. The fraction of sp³-hybridized carbons (Fsp3) is 0.538. The molecule has 1 unspecified atom stereocenters. The Kier molecular flexibility index (Phi) is 6.08. The summed E-state index contributed by atoms with van der Waals surface area (Å²) in [5.41, 5.74) is 2.44. The maximum absolute atomic E-state index is 8.87. The molecule has 2 N–H and O–H groups in total. The summed E-state index contributed by atoms with van der Waals surface area (Å²) in [6, 6.07) is 8.36. The minimum Gasteiger partial charge on any atom is -0.396 e. The van der Waals surface area contributed by atoms with Gasteiger partial charge in [0.25, 0.3) is 0 Å². The van der Waals surface area contributed by atoms with Crippen molar-refractivity contribution in [3.63, 3.8) is 0 Å². The molecule has 0 aliphatic heterocycles. The normalized spacial score (nSPS) is 12.7. The molecule has 16 heavy (non-hydrogen) atoms. The molecule has 0 heterocycles. The summed E-state index contributed by atoms with van der Waals surface area (Å²) >= 11 is 0. The van der Waals surface area contributed by atoms with Crippen LogP contribution in [0, 0.1) is 5.92 Å². The maximum Gasteiger partial charge on any atom is 0.0713 e. The zero-order valence-electron chi connectivity index (χ0n) is 10.1. The molecule has 1 aromatic carbocycles. The number of benzene rings is 1. The maximum atomic E-state index is 8.87.